The predicted molar refractivity (Wildman–Crippen MR) is 51.8 cm³/mol. The van der Waals surface area contributed by atoms with Gasteiger partial charge in [0.2, 0.25) is 0 Å². The molecule has 0 spiro atoms. The number of hydrogen-bond donors (Lipinski definition) is 0. The van der Waals surface area contributed by atoms with E-state index in [2.05, 4.69) is 45.3 Å². The second kappa shape index (κ2) is 4.22. The lowest BCUT2D eigenvalue weighted by Gasteiger charge is -1.93. The third-order valence-electron chi connectivity index (χ3n) is 1.98. The van der Waals surface area contributed by atoms with E-state index in [1.165, 1.54) is 11.0 Å². The molecule has 0 aliphatic heterocycles. The van der Waals surface area contributed by atoms with Crippen molar-refractivity contribution in [1.29, 1.82) is 0 Å². The molecule has 57 valence electrons. The summed E-state index contributed by atoms with van der Waals surface area (Å²) in [4.78, 5) is 0. The highest BCUT2D eigenvalue weighted by molar-refractivity contribution is 6.43. The molecule has 1 heteroatoms. The van der Waals surface area contributed by atoms with Crippen LogP contribution in [0.5, 0.6) is 0 Å². The Morgan fingerprint density at radius 1 is 1.45 bits per heavy atom. The van der Waals surface area contributed by atoms with Gasteiger partial charge >= 0.3 is 0 Å². The Hall–Kier alpha value is -0.715. The predicted octanol–water partition coefficient (Wildman–Crippen LogP) is 2.92. The summed E-state index contributed by atoms with van der Waals surface area (Å²) in [5.41, 5.74) is 2.83. The largest absolute Gasteiger partial charge is 0.142 e. The molecule has 0 fully saturated rings. The van der Waals surface area contributed by atoms with Crippen LogP contribution in [0.3, 0.4) is 0 Å². The average molecular weight is 145 g/mol. The lowest BCUT2D eigenvalue weighted by Crippen LogP contribution is -1.86. The Kier molecular flexibility index (Phi) is 3.22. The molecule has 11 heavy (non-hydrogen) atoms. The zero-order chi connectivity index (χ0) is 8.10. The van der Waals surface area contributed by atoms with Crippen LogP contribution >= 0.6 is 0 Å². The van der Waals surface area contributed by atoms with Gasteiger partial charge < -0.3 is 0 Å². The Morgan fingerprint density at radius 3 is 2.91 bits per heavy atom. The highest BCUT2D eigenvalue weighted by atomic mass is 14.0. The van der Waals surface area contributed by atoms with Crippen molar-refractivity contribution in [3.8, 4) is 0 Å². The van der Waals surface area contributed by atoms with Crippen LogP contribution < -0.4 is 0 Å². The summed E-state index contributed by atoms with van der Waals surface area (Å²) < 4.78 is 0. The van der Waals surface area contributed by atoms with Gasteiger partial charge in [-0.3, -0.25) is 0 Å². The first-order chi connectivity index (χ1) is 5.36. The molecule has 0 atom stereocenters. The molecule has 0 unspecified atom stereocenters. The van der Waals surface area contributed by atoms with Crippen molar-refractivity contribution >= 4 is 7.28 Å². The van der Waals surface area contributed by atoms with Gasteiger partial charge in [0.1, 0.15) is 7.28 Å². The van der Waals surface area contributed by atoms with E-state index in [4.69, 9.17) is 0 Å². The Balaban J connectivity index is 2.72. The summed E-state index contributed by atoms with van der Waals surface area (Å²) in [5.74, 6) is 0. The van der Waals surface area contributed by atoms with Crippen LogP contribution in [0, 0.1) is 0 Å². The van der Waals surface area contributed by atoms with Gasteiger partial charge in [0.05, 0.1) is 0 Å². The average Bonchev–Trinajstić information content (AvgIpc) is 2.28. The van der Waals surface area contributed by atoms with Crippen molar-refractivity contribution in [1.82, 2.24) is 0 Å². The molecular formula is C10H14B. The van der Waals surface area contributed by atoms with E-state index in [1.807, 2.05) is 0 Å². The van der Waals surface area contributed by atoms with Crippen LogP contribution in [0.25, 0.3) is 0 Å². The fourth-order valence-electron chi connectivity index (χ4n) is 1.13. The molecule has 0 N–H and O–H groups in total. The molecule has 1 aliphatic carbocycles. The normalized spacial score (nSPS) is 16.9. The molecule has 0 saturated heterocycles. The van der Waals surface area contributed by atoms with Crippen LogP contribution in [-0.2, 0) is 0 Å². The minimum atomic E-state index is 1.08. The minimum Gasteiger partial charge on any atom is -0.105 e. The van der Waals surface area contributed by atoms with Crippen molar-refractivity contribution in [3.63, 3.8) is 0 Å². The van der Waals surface area contributed by atoms with E-state index in [-0.39, 0.29) is 0 Å². The van der Waals surface area contributed by atoms with Crippen LogP contribution in [0.2, 0.25) is 6.82 Å². The zero-order valence-corrected chi connectivity index (χ0v) is 7.30. The first-order valence-electron chi connectivity index (χ1n) is 4.22. The van der Waals surface area contributed by atoms with Crippen molar-refractivity contribution in [2.24, 2.45) is 0 Å². The van der Waals surface area contributed by atoms with Gasteiger partial charge in [-0.15, -0.1) is 5.47 Å². The topological polar surface area (TPSA) is 0 Å². The molecule has 1 radical (unpaired) electrons. The molecule has 1 aliphatic rings. The lowest BCUT2D eigenvalue weighted by molar-refractivity contribution is 1.15. The third kappa shape index (κ3) is 2.41. The van der Waals surface area contributed by atoms with Gasteiger partial charge in [0, 0.05) is 0 Å². The van der Waals surface area contributed by atoms with Crippen LogP contribution in [0.15, 0.2) is 35.3 Å². The molecule has 0 nitrogen and oxygen atoms in total. The van der Waals surface area contributed by atoms with E-state index in [9.17, 15) is 0 Å². The monoisotopic (exact) mass is 145 g/mol. The molecule has 0 heterocycles. The van der Waals surface area contributed by atoms with E-state index < -0.39 is 0 Å². The van der Waals surface area contributed by atoms with Crippen LogP contribution in [0.4, 0.5) is 0 Å². The van der Waals surface area contributed by atoms with Crippen molar-refractivity contribution in [2.75, 3.05) is 0 Å². The van der Waals surface area contributed by atoms with E-state index >= 15 is 0 Å². The number of allylic oxidation sites excluding steroid dienone is 6. The summed E-state index contributed by atoms with van der Waals surface area (Å²) in [6.45, 7) is 4.27. The molecule has 0 bridgehead atoms. The first kappa shape index (κ1) is 8.38. The first-order valence-corrected chi connectivity index (χ1v) is 4.22. The highest BCUT2D eigenvalue weighted by Gasteiger charge is 1.95. The van der Waals surface area contributed by atoms with Crippen LogP contribution in [-0.4, -0.2) is 7.28 Å². The molecule has 1 rings (SSSR count). The maximum absolute atomic E-state index is 2.23. The van der Waals surface area contributed by atoms with Gasteiger partial charge in [0.15, 0.2) is 0 Å². The zero-order valence-electron chi connectivity index (χ0n) is 7.30. The maximum atomic E-state index is 2.23. The standard InChI is InChI=1S/C10H14B/c1-3-9-5-4-6-10(11-2)8-7-9/h4-5,7-8H,3,6H2,1-2H3. The van der Waals surface area contributed by atoms with Gasteiger partial charge in [-0.1, -0.05) is 38.1 Å². The van der Waals surface area contributed by atoms with Gasteiger partial charge in [-0.2, -0.15) is 0 Å². The third-order valence-corrected chi connectivity index (χ3v) is 1.98. The van der Waals surface area contributed by atoms with Gasteiger partial charge in [-0.25, -0.2) is 0 Å². The second-order valence-corrected chi connectivity index (χ2v) is 2.73. The van der Waals surface area contributed by atoms with E-state index in [0.29, 0.717) is 0 Å². The smallest absolute Gasteiger partial charge is 0.105 e. The van der Waals surface area contributed by atoms with Crippen LogP contribution in [0.1, 0.15) is 19.8 Å². The Bertz CT molecular complexity index is 209. The lowest BCUT2D eigenvalue weighted by atomic mass is 9.71. The minimum absolute atomic E-state index is 1.08. The quantitative estimate of drug-likeness (QED) is 0.524. The number of rotatable bonds is 2. The molecule has 0 aromatic heterocycles. The Morgan fingerprint density at radius 2 is 2.27 bits per heavy atom. The van der Waals surface area contributed by atoms with Crippen molar-refractivity contribution < 1.29 is 0 Å². The summed E-state index contributed by atoms with van der Waals surface area (Å²) >= 11 is 0. The Labute approximate surface area is 69.9 Å². The maximum Gasteiger partial charge on any atom is 0.142 e. The van der Waals surface area contributed by atoms with E-state index in [0.717, 1.165) is 12.8 Å². The van der Waals surface area contributed by atoms with Crippen molar-refractivity contribution in [3.05, 3.63) is 35.3 Å². The summed E-state index contributed by atoms with van der Waals surface area (Å²) in [6.07, 6.45) is 11.1. The number of hydrogen-bond acceptors (Lipinski definition) is 0. The fraction of sp³-hybridized carbons (Fsp3) is 0.400. The summed E-state index contributed by atoms with van der Waals surface area (Å²) in [5, 5.41) is 0. The van der Waals surface area contributed by atoms with E-state index in [1.54, 1.807) is 0 Å². The highest BCUT2D eigenvalue weighted by Crippen LogP contribution is 2.12. The fourth-order valence-corrected chi connectivity index (χ4v) is 1.13. The molecule has 0 aromatic carbocycles. The molecule has 0 saturated carbocycles. The molecule has 0 amide bonds. The summed E-state index contributed by atoms with van der Waals surface area (Å²) in [7, 11) is 2.17. The second-order valence-electron chi connectivity index (χ2n) is 2.73. The van der Waals surface area contributed by atoms with Gasteiger partial charge in [0.25, 0.3) is 0 Å². The SMILES string of the molecule is C[B]C1=CC=C(CC)C=CC1. The van der Waals surface area contributed by atoms with Gasteiger partial charge in [-0.05, 0) is 18.4 Å². The molecular weight excluding hydrogens is 131 g/mol. The summed E-state index contributed by atoms with van der Waals surface area (Å²) in [6, 6.07) is 0. The molecule has 0 aromatic rings. The van der Waals surface area contributed by atoms with Crippen molar-refractivity contribution in [2.45, 2.75) is 26.6 Å².